The lowest BCUT2D eigenvalue weighted by Gasteiger charge is -2.06. The molecule has 0 aliphatic heterocycles. The van der Waals surface area contributed by atoms with Crippen molar-refractivity contribution in [3.63, 3.8) is 0 Å². The Bertz CT molecular complexity index is 1220. The summed E-state index contributed by atoms with van der Waals surface area (Å²) in [7, 11) is 0. The molecule has 1 amide bonds. The Hall–Kier alpha value is -2.41. The molecule has 2 heterocycles. The van der Waals surface area contributed by atoms with Crippen LogP contribution in [0.3, 0.4) is 0 Å². The van der Waals surface area contributed by atoms with E-state index < -0.39 is 0 Å². The zero-order chi connectivity index (χ0) is 20.5. The van der Waals surface area contributed by atoms with Crippen molar-refractivity contribution in [2.75, 3.05) is 5.32 Å². The highest BCUT2D eigenvalue weighted by Gasteiger charge is 2.13. The standard InChI is InChI=1S/C21H15BrCl2N4O/c1-11-14(22)6-8-19(25-11)28-21(29)12-5-7-17-18(9-12)27-20(26-17)10-13-15(23)3-2-4-16(13)24/h2-9H,10H2,1H3,(H,26,27)(H,25,28,29). The van der Waals surface area contributed by atoms with Crippen molar-refractivity contribution < 1.29 is 4.79 Å². The summed E-state index contributed by atoms with van der Waals surface area (Å²) in [6.07, 6.45) is 0.469. The summed E-state index contributed by atoms with van der Waals surface area (Å²) in [6.45, 7) is 1.86. The number of H-pyrrole nitrogens is 1. The Morgan fingerprint density at radius 2 is 1.86 bits per heavy atom. The fourth-order valence-corrected chi connectivity index (χ4v) is 3.71. The maximum absolute atomic E-state index is 12.6. The molecule has 0 saturated carbocycles. The van der Waals surface area contributed by atoms with Gasteiger partial charge in [0.05, 0.1) is 16.7 Å². The SMILES string of the molecule is Cc1nc(NC(=O)c2ccc3nc(Cc4c(Cl)cccc4Cl)[nH]c3c2)ccc1Br. The third-order valence-corrected chi connectivity index (χ3v) is 6.01. The highest BCUT2D eigenvalue weighted by atomic mass is 79.9. The molecule has 0 aliphatic carbocycles. The van der Waals surface area contributed by atoms with E-state index in [1.165, 1.54) is 0 Å². The van der Waals surface area contributed by atoms with Crippen LogP contribution in [0.5, 0.6) is 0 Å². The molecule has 4 aromatic rings. The maximum Gasteiger partial charge on any atom is 0.256 e. The topological polar surface area (TPSA) is 70.7 Å². The van der Waals surface area contributed by atoms with Gasteiger partial charge in [-0.15, -0.1) is 0 Å². The lowest BCUT2D eigenvalue weighted by molar-refractivity contribution is 0.102. The number of carbonyl (C=O) groups is 1. The van der Waals surface area contributed by atoms with Gasteiger partial charge in [-0.05, 0) is 70.9 Å². The van der Waals surface area contributed by atoms with Gasteiger partial charge in [0.25, 0.3) is 5.91 Å². The minimum atomic E-state index is -0.244. The molecule has 2 aromatic heterocycles. The Morgan fingerprint density at radius 1 is 1.10 bits per heavy atom. The van der Waals surface area contributed by atoms with Crippen LogP contribution in [0.25, 0.3) is 11.0 Å². The van der Waals surface area contributed by atoms with Gasteiger partial charge >= 0.3 is 0 Å². The monoisotopic (exact) mass is 488 g/mol. The number of fused-ring (bicyclic) bond motifs is 1. The first-order chi connectivity index (χ1) is 13.9. The summed E-state index contributed by atoms with van der Waals surface area (Å²) in [5, 5.41) is 4.00. The highest BCUT2D eigenvalue weighted by molar-refractivity contribution is 9.10. The first kappa shape index (κ1) is 19.9. The van der Waals surface area contributed by atoms with Gasteiger partial charge in [-0.2, -0.15) is 0 Å². The summed E-state index contributed by atoms with van der Waals surface area (Å²) in [5.41, 5.74) is 3.64. The lowest BCUT2D eigenvalue weighted by Crippen LogP contribution is -2.13. The van der Waals surface area contributed by atoms with Gasteiger partial charge in [0.15, 0.2) is 0 Å². The molecule has 8 heteroatoms. The van der Waals surface area contributed by atoms with E-state index in [1.807, 2.05) is 13.0 Å². The number of anilines is 1. The second-order valence-electron chi connectivity index (χ2n) is 6.51. The summed E-state index contributed by atoms with van der Waals surface area (Å²) >= 11 is 15.9. The second-order valence-corrected chi connectivity index (χ2v) is 8.18. The number of nitrogens with one attached hydrogen (secondary N) is 2. The number of rotatable bonds is 4. The van der Waals surface area contributed by atoms with Crippen LogP contribution in [0, 0.1) is 6.92 Å². The van der Waals surface area contributed by atoms with Gasteiger partial charge < -0.3 is 10.3 Å². The molecule has 4 rings (SSSR count). The van der Waals surface area contributed by atoms with Crippen molar-refractivity contribution in [3.05, 3.63) is 85.7 Å². The molecule has 2 aromatic carbocycles. The molecule has 0 bridgehead atoms. The van der Waals surface area contributed by atoms with Crippen molar-refractivity contribution >= 4 is 61.9 Å². The van der Waals surface area contributed by atoms with E-state index >= 15 is 0 Å². The summed E-state index contributed by atoms with van der Waals surface area (Å²) < 4.78 is 0.889. The number of imidazole rings is 1. The fourth-order valence-electron chi connectivity index (χ4n) is 2.96. The molecule has 0 spiro atoms. The minimum absolute atomic E-state index is 0.244. The van der Waals surface area contributed by atoms with E-state index in [0.717, 1.165) is 32.6 Å². The zero-order valence-corrected chi connectivity index (χ0v) is 18.4. The molecular weight excluding hydrogens is 475 g/mol. The van der Waals surface area contributed by atoms with Crippen LogP contribution in [0.4, 0.5) is 5.82 Å². The third kappa shape index (κ3) is 4.29. The number of nitrogens with zero attached hydrogens (tertiary/aromatic N) is 2. The molecule has 2 N–H and O–H groups in total. The third-order valence-electron chi connectivity index (χ3n) is 4.46. The molecule has 0 radical (unpaired) electrons. The first-order valence-electron chi connectivity index (χ1n) is 8.77. The van der Waals surface area contributed by atoms with E-state index in [4.69, 9.17) is 23.2 Å². The Morgan fingerprint density at radius 3 is 2.59 bits per heavy atom. The summed E-state index contributed by atoms with van der Waals surface area (Å²) in [4.78, 5) is 24.8. The highest BCUT2D eigenvalue weighted by Crippen LogP contribution is 2.27. The molecule has 0 unspecified atom stereocenters. The van der Waals surface area contributed by atoms with Crippen molar-refractivity contribution in [1.82, 2.24) is 15.0 Å². The van der Waals surface area contributed by atoms with E-state index in [2.05, 4.69) is 36.2 Å². The van der Waals surface area contributed by atoms with Crippen molar-refractivity contribution in [2.24, 2.45) is 0 Å². The van der Waals surface area contributed by atoms with Gasteiger partial charge in [-0.3, -0.25) is 4.79 Å². The largest absolute Gasteiger partial charge is 0.342 e. The van der Waals surface area contributed by atoms with E-state index in [0.29, 0.717) is 27.8 Å². The van der Waals surface area contributed by atoms with E-state index in [9.17, 15) is 4.79 Å². The van der Waals surface area contributed by atoms with Crippen molar-refractivity contribution in [3.8, 4) is 0 Å². The predicted molar refractivity (Wildman–Crippen MR) is 120 cm³/mol. The van der Waals surface area contributed by atoms with Crippen molar-refractivity contribution in [2.45, 2.75) is 13.3 Å². The number of aryl methyl sites for hydroxylation is 1. The maximum atomic E-state index is 12.6. The average molecular weight is 490 g/mol. The molecular formula is C21H15BrCl2N4O. The number of carbonyl (C=O) groups excluding carboxylic acids is 1. The van der Waals surface area contributed by atoms with Crippen LogP contribution in [-0.4, -0.2) is 20.9 Å². The quantitative estimate of drug-likeness (QED) is 0.359. The molecule has 0 fully saturated rings. The number of amides is 1. The zero-order valence-electron chi connectivity index (χ0n) is 15.3. The van der Waals surface area contributed by atoms with Crippen LogP contribution in [0.15, 0.2) is 53.0 Å². The van der Waals surface area contributed by atoms with E-state index in [-0.39, 0.29) is 5.91 Å². The molecule has 29 heavy (non-hydrogen) atoms. The van der Waals surface area contributed by atoms with Crippen LogP contribution in [0.2, 0.25) is 10.0 Å². The molecule has 0 atom stereocenters. The number of aromatic amines is 1. The molecule has 5 nitrogen and oxygen atoms in total. The van der Waals surface area contributed by atoms with Gasteiger partial charge in [0, 0.05) is 26.5 Å². The smallest absolute Gasteiger partial charge is 0.256 e. The number of pyridine rings is 1. The lowest BCUT2D eigenvalue weighted by atomic mass is 10.1. The first-order valence-corrected chi connectivity index (χ1v) is 10.3. The number of aromatic nitrogens is 3. The summed E-state index contributed by atoms with van der Waals surface area (Å²) in [6, 6.07) is 14.3. The number of halogens is 3. The number of hydrogen-bond donors (Lipinski definition) is 2. The average Bonchev–Trinajstić information content (AvgIpc) is 3.09. The van der Waals surface area contributed by atoms with Gasteiger partial charge in [0.2, 0.25) is 0 Å². The van der Waals surface area contributed by atoms with Crippen LogP contribution in [-0.2, 0) is 6.42 Å². The Kier molecular flexibility index (Phi) is 5.58. The predicted octanol–water partition coefficient (Wildman–Crippen LogP) is 6.18. The van der Waals surface area contributed by atoms with Crippen molar-refractivity contribution in [1.29, 1.82) is 0 Å². The minimum Gasteiger partial charge on any atom is -0.342 e. The van der Waals surface area contributed by atoms with Gasteiger partial charge in [-0.1, -0.05) is 29.3 Å². The Balaban J connectivity index is 1.58. The normalized spacial score (nSPS) is 11.0. The van der Waals surface area contributed by atoms with Crippen LogP contribution < -0.4 is 5.32 Å². The Labute approximate surface area is 185 Å². The fraction of sp³-hybridized carbons (Fsp3) is 0.0952. The van der Waals surface area contributed by atoms with Gasteiger partial charge in [0.1, 0.15) is 11.6 Å². The molecule has 0 saturated heterocycles. The van der Waals surface area contributed by atoms with Crippen LogP contribution >= 0.6 is 39.1 Å². The summed E-state index contributed by atoms with van der Waals surface area (Å²) in [5.74, 6) is 0.971. The number of hydrogen-bond acceptors (Lipinski definition) is 3. The molecule has 0 aliphatic rings. The van der Waals surface area contributed by atoms with Gasteiger partial charge in [-0.25, -0.2) is 9.97 Å². The van der Waals surface area contributed by atoms with E-state index in [1.54, 1.807) is 42.5 Å². The molecule has 146 valence electrons. The number of benzene rings is 2. The second kappa shape index (κ2) is 8.14. The van der Waals surface area contributed by atoms with Crippen LogP contribution in [0.1, 0.15) is 27.4 Å².